The van der Waals surface area contributed by atoms with Crippen LogP contribution in [-0.2, 0) is 12.4 Å². The highest BCUT2D eigenvalue weighted by molar-refractivity contribution is 5.92. The maximum atomic E-state index is 12.9. The molecule has 0 bridgehead atoms. The van der Waals surface area contributed by atoms with Crippen LogP contribution in [0.4, 0.5) is 32.0 Å². The molecule has 0 atom stereocenters. The van der Waals surface area contributed by atoms with Gasteiger partial charge in [0, 0.05) is 36.3 Å². The number of aromatic amines is 1. The summed E-state index contributed by atoms with van der Waals surface area (Å²) in [5, 5.41) is 0.608. The number of anilines is 1. The molecule has 1 N–H and O–H groups in total. The lowest BCUT2D eigenvalue weighted by molar-refractivity contribution is -0.141. The zero-order valence-electron chi connectivity index (χ0n) is 15.0. The van der Waals surface area contributed by atoms with Gasteiger partial charge in [0.05, 0.1) is 17.3 Å². The number of aromatic nitrogens is 3. The first-order valence-corrected chi connectivity index (χ1v) is 8.96. The van der Waals surface area contributed by atoms with E-state index in [2.05, 4.69) is 15.0 Å². The maximum Gasteiger partial charge on any atom is 0.432 e. The van der Waals surface area contributed by atoms with E-state index in [1.807, 2.05) is 4.90 Å². The molecule has 1 fully saturated rings. The lowest BCUT2D eigenvalue weighted by Crippen LogP contribution is -2.33. The average molecular weight is 414 g/mol. The summed E-state index contributed by atoms with van der Waals surface area (Å²) in [5.41, 5.74) is -0.611. The Kier molecular flexibility index (Phi) is 4.66. The second kappa shape index (κ2) is 6.93. The number of fused-ring (bicyclic) bond motifs is 1. The lowest BCUT2D eigenvalue weighted by atomic mass is 9.95. The van der Waals surface area contributed by atoms with Gasteiger partial charge in [0.2, 0.25) is 0 Å². The van der Waals surface area contributed by atoms with Crippen LogP contribution in [0.25, 0.3) is 10.9 Å². The summed E-state index contributed by atoms with van der Waals surface area (Å²) in [6.07, 6.45) is -5.48. The molecule has 29 heavy (non-hydrogen) atoms. The Bertz CT molecular complexity index is 1020. The number of halogens is 6. The molecule has 4 rings (SSSR count). The number of pyridine rings is 1. The topological polar surface area (TPSA) is 44.8 Å². The van der Waals surface area contributed by atoms with E-state index in [-0.39, 0.29) is 11.4 Å². The van der Waals surface area contributed by atoms with Crippen LogP contribution in [0.5, 0.6) is 0 Å². The summed E-state index contributed by atoms with van der Waals surface area (Å²) in [7, 11) is 0. The summed E-state index contributed by atoms with van der Waals surface area (Å²) >= 11 is 0. The van der Waals surface area contributed by atoms with E-state index < -0.39 is 23.6 Å². The molecule has 2 aromatic heterocycles. The van der Waals surface area contributed by atoms with Crippen LogP contribution in [0.15, 0.2) is 36.7 Å². The Morgan fingerprint density at radius 2 is 1.66 bits per heavy atom. The van der Waals surface area contributed by atoms with Gasteiger partial charge in [-0.25, -0.2) is 4.98 Å². The molecule has 0 saturated carbocycles. The third-order valence-electron chi connectivity index (χ3n) is 5.17. The summed E-state index contributed by atoms with van der Waals surface area (Å²) in [6.45, 7) is 1.10. The number of H-pyrrole nitrogens is 1. The Balaban J connectivity index is 1.53. The quantitative estimate of drug-likeness (QED) is 0.573. The van der Waals surface area contributed by atoms with Gasteiger partial charge in [-0.05, 0) is 31.0 Å². The monoisotopic (exact) mass is 414 g/mol. The minimum absolute atomic E-state index is 0.132. The van der Waals surface area contributed by atoms with Crippen LogP contribution in [0.3, 0.4) is 0 Å². The number of hydrogen-bond donors (Lipinski definition) is 1. The van der Waals surface area contributed by atoms with Gasteiger partial charge in [-0.1, -0.05) is 6.07 Å². The molecular formula is C19H16F6N4. The number of piperidine rings is 1. The van der Waals surface area contributed by atoms with Crippen molar-refractivity contribution in [1.29, 1.82) is 0 Å². The second-order valence-corrected chi connectivity index (χ2v) is 7.00. The zero-order valence-corrected chi connectivity index (χ0v) is 15.0. The Morgan fingerprint density at radius 3 is 2.28 bits per heavy atom. The van der Waals surface area contributed by atoms with Crippen molar-refractivity contribution in [1.82, 2.24) is 15.0 Å². The fourth-order valence-corrected chi connectivity index (χ4v) is 3.67. The van der Waals surface area contributed by atoms with Crippen molar-refractivity contribution < 1.29 is 26.3 Å². The molecule has 1 aliphatic heterocycles. The van der Waals surface area contributed by atoms with Gasteiger partial charge in [0.1, 0.15) is 11.5 Å². The van der Waals surface area contributed by atoms with Crippen molar-refractivity contribution >= 4 is 16.6 Å². The first kappa shape index (κ1) is 19.5. The molecule has 3 aromatic rings. The zero-order chi connectivity index (χ0) is 20.8. The SMILES string of the molecule is FC(F)(F)c1ccc2c(N3CCC(c4ncc(C(F)(F)F)[nH]4)CC3)ccnc2c1. The number of imidazole rings is 1. The van der Waals surface area contributed by atoms with Crippen molar-refractivity contribution in [2.45, 2.75) is 31.1 Å². The number of alkyl halides is 6. The molecule has 0 aliphatic carbocycles. The Morgan fingerprint density at radius 1 is 0.931 bits per heavy atom. The minimum Gasteiger partial charge on any atom is -0.371 e. The molecule has 4 nitrogen and oxygen atoms in total. The van der Waals surface area contributed by atoms with E-state index in [0.29, 0.717) is 37.1 Å². The molecule has 1 saturated heterocycles. The molecular weight excluding hydrogens is 398 g/mol. The van der Waals surface area contributed by atoms with Gasteiger partial charge in [-0.3, -0.25) is 4.98 Å². The average Bonchev–Trinajstić information content (AvgIpc) is 3.17. The molecule has 10 heteroatoms. The van der Waals surface area contributed by atoms with Crippen molar-refractivity contribution in [3.05, 3.63) is 53.7 Å². The predicted octanol–water partition coefficient (Wildman–Crippen LogP) is 5.38. The van der Waals surface area contributed by atoms with E-state index in [4.69, 9.17) is 0 Å². The third-order valence-corrected chi connectivity index (χ3v) is 5.17. The molecule has 0 spiro atoms. The standard InChI is InChI=1S/C19H16F6N4/c20-18(21,22)12-1-2-13-14(9-12)26-6-3-15(13)29-7-4-11(5-8-29)17-27-10-16(28-17)19(23,24)25/h1-3,6,9-11H,4-5,7-8H2,(H,27,28). The van der Waals surface area contributed by atoms with Gasteiger partial charge in [-0.2, -0.15) is 26.3 Å². The van der Waals surface area contributed by atoms with Gasteiger partial charge in [0.25, 0.3) is 0 Å². The number of hydrogen-bond acceptors (Lipinski definition) is 3. The van der Waals surface area contributed by atoms with E-state index in [1.54, 1.807) is 6.07 Å². The molecule has 0 amide bonds. The van der Waals surface area contributed by atoms with E-state index in [1.165, 1.54) is 12.3 Å². The highest BCUT2D eigenvalue weighted by atomic mass is 19.4. The van der Waals surface area contributed by atoms with Crippen molar-refractivity contribution in [2.75, 3.05) is 18.0 Å². The predicted molar refractivity (Wildman–Crippen MR) is 94.5 cm³/mol. The maximum absolute atomic E-state index is 12.9. The van der Waals surface area contributed by atoms with Gasteiger partial charge >= 0.3 is 12.4 Å². The van der Waals surface area contributed by atoms with Crippen LogP contribution in [-0.4, -0.2) is 28.0 Å². The van der Waals surface area contributed by atoms with E-state index in [0.717, 1.165) is 24.0 Å². The fourth-order valence-electron chi connectivity index (χ4n) is 3.67. The highest BCUT2D eigenvalue weighted by Gasteiger charge is 2.34. The molecule has 0 unspecified atom stereocenters. The summed E-state index contributed by atoms with van der Waals surface area (Å²) < 4.78 is 77.0. The first-order chi connectivity index (χ1) is 13.6. The van der Waals surface area contributed by atoms with Gasteiger partial charge in [0.15, 0.2) is 0 Å². The summed E-state index contributed by atoms with van der Waals surface area (Å²) in [6, 6.07) is 5.20. The number of nitrogens with zero attached hydrogens (tertiary/aromatic N) is 3. The Labute approximate surface area is 161 Å². The third kappa shape index (κ3) is 3.88. The van der Waals surface area contributed by atoms with Crippen LogP contribution < -0.4 is 4.90 Å². The molecule has 1 aromatic carbocycles. The molecule has 3 heterocycles. The van der Waals surface area contributed by atoms with Crippen molar-refractivity contribution in [3.8, 4) is 0 Å². The lowest BCUT2D eigenvalue weighted by Gasteiger charge is -2.33. The van der Waals surface area contributed by atoms with Gasteiger partial charge < -0.3 is 9.88 Å². The van der Waals surface area contributed by atoms with Crippen molar-refractivity contribution in [2.24, 2.45) is 0 Å². The summed E-state index contributed by atoms with van der Waals surface area (Å²) in [5.74, 6) is 0.179. The highest BCUT2D eigenvalue weighted by Crippen LogP contribution is 2.36. The van der Waals surface area contributed by atoms with E-state index in [9.17, 15) is 26.3 Å². The van der Waals surface area contributed by atoms with Crippen LogP contribution in [0.1, 0.15) is 35.8 Å². The first-order valence-electron chi connectivity index (χ1n) is 8.96. The van der Waals surface area contributed by atoms with Gasteiger partial charge in [-0.15, -0.1) is 0 Å². The number of rotatable bonds is 2. The molecule has 0 radical (unpaired) electrons. The summed E-state index contributed by atoms with van der Waals surface area (Å²) in [4.78, 5) is 12.3. The molecule has 1 aliphatic rings. The minimum atomic E-state index is -4.46. The molecule has 154 valence electrons. The largest absolute Gasteiger partial charge is 0.432 e. The van der Waals surface area contributed by atoms with E-state index >= 15 is 0 Å². The fraction of sp³-hybridized carbons (Fsp3) is 0.368. The normalized spacial score (nSPS) is 16.6. The van der Waals surface area contributed by atoms with Crippen LogP contribution >= 0.6 is 0 Å². The smallest absolute Gasteiger partial charge is 0.371 e. The van der Waals surface area contributed by atoms with Crippen LogP contribution in [0, 0.1) is 0 Å². The number of benzene rings is 1. The second-order valence-electron chi connectivity index (χ2n) is 7.00. The van der Waals surface area contributed by atoms with Crippen molar-refractivity contribution in [3.63, 3.8) is 0 Å². The number of nitrogens with one attached hydrogen (secondary N) is 1. The van der Waals surface area contributed by atoms with Crippen LogP contribution in [0.2, 0.25) is 0 Å². The Hall–Kier alpha value is -2.78.